The van der Waals surface area contributed by atoms with Crippen LogP contribution in [0, 0.1) is 0 Å². The molecule has 0 bridgehead atoms. The second-order valence-electron chi connectivity index (χ2n) is 8.62. The van der Waals surface area contributed by atoms with Crippen LogP contribution in [0.5, 0.6) is 0 Å². The van der Waals surface area contributed by atoms with E-state index in [2.05, 4.69) is 54.0 Å². The molecule has 2 unspecified atom stereocenters. The Morgan fingerprint density at radius 2 is 1.65 bits per heavy atom. The maximum atomic E-state index is 5.84. The fraction of sp³-hybridized carbons (Fsp3) is 0.652. The smallest absolute Gasteiger partial charge is 0.0678 e. The molecule has 3 nitrogen and oxygen atoms in total. The second kappa shape index (κ2) is 8.24. The summed E-state index contributed by atoms with van der Waals surface area (Å²) in [5.41, 5.74) is 4.40. The molecule has 26 heavy (non-hydrogen) atoms. The molecule has 3 heteroatoms. The summed E-state index contributed by atoms with van der Waals surface area (Å²) in [6.07, 6.45) is 9.92. The third kappa shape index (κ3) is 4.57. The van der Waals surface area contributed by atoms with Crippen molar-refractivity contribution in [3.8, 4) is 0 Å². The van der Waals surface area contributed by atoms with E-state index in [9.17, 15) is 0 Å². The maximum absolute atomic E-state index is 5.84. The molecule has 1 aliphatic carbocycles. The number of morpholine rings is 1. The van der Waals surface area contributed by atoms with E-state index in [1.54, 1.807) is 5.57 Å². The Morgan fingerprint density at radius 1 is 1.00 bits per heavy atom. The van der Waals surface area contributed by atoms with E-state index in [1.807, 2.05) is 0 Å². The van der Waals surface area contributed by atoms with E-state index >= 15 is 0 Å². The van der Waals surface area contributed by atoms with Crippen LogP contribution in [-0.2, 0) is 11.3 Å². The molecule has 1 aromatic rings. The van der Waals surface area contributed by atoms with Gasteiger partial charge in [-0.05, 0) is 50.7 Å². The number of ether oxygens (including phenoxy) is 1. The van der Waals surface area contributed by atoms with Crippen LogP contribution in [0.15, 0.2) is 29.8 Å². The zero-order valence-corrected chi connectivity index (χ0v) is 16.5. The van der Waals surface area contributed by atoms with E-state index < -0.39 is 0 Å². The van der Waals surface area contributed by atoms with Crippen molar-refractivity contribution in [3.63, 3.8) is 0 Å². The average molecular weight is 355 g/mol. The van der Waals surface area contributed by atoms with Crippen LogP contribution >= 0.6 is 0 Å². The SMILES string of the molecule is CC1CN(Cc2ccc(C=C3CCN(C4CCC4)CC3)cc2)CC(C)O1. The summed E-state index contributed by atoms with van der Waals surface area (Å²) >= 11 is 0. The predicted molar refractivity (Wildman–Crippen MR) is 108 cm³/mol. The molecular weight excluding hydrogens is 320 g/mol. The molecule has 0 spiro atoms. The Labute approximate surface area is 159 Å². The van der Waals surface area contributed by atoms with Crippen molar-refractivity contribution < 1.29 is 4.74 Å². The van der Waals surface area contributed by atoms with Gasteiger partial charge in [-0.3, -0.25) is 9.80 Å². The van der Waals surface area contributed by atoms with Gasteiger partial charge < -0.3 is 4.74 Å². The summed E-state index contributed by atoms with van der Waals surface area (Å²) in [4.78, 5) is 5.23. The first-order valence-corrected chi connectivity index (χ1v) is 10.6. The van der Waals surface area contributed by atoms with Gasteiger partial charge in [0, 0.05) is 38.8 Å². The first-order chi connectivity index (χ1) is 12.7. The number of benzene rings is 1. The third-order valence-corrected chi connectivity index (χ3v) is 6.28. The molecule has 3 fully saturated rings. The zero-order chi connectivity index (χ0) is 17.9. The van der Waals surface area contributed by atoms with Gasteiger partial charge in [0.15, 0.2) is 0 Å². The highest BCUT2D eigenvalue weighted by Gasteiger charge is 2.26. The summed E-state index contributed by atoms with van der Waals surface area (Å²) in [6.45, 7) is 9.99. The van der Waals surface area contributed by atoms with Gasteiger partial charge in [0.1, 0.15) is 0 Å². The topological polar surface area (TPSA) is 15.7 Å². The van der Waals surface area contributed by atoms with Crippen molar-refractivity contribution in [1.82, 2.24) is 9.80 Å². The zero-order valence-electron chi connectivity index (χ0n) is 16.5. The Kier molecular flexibility index (Phi) is 5.78. The third-order valence-electron chi connectivity index (χ3n) is 6.28. The monoisotopic (exact) mass is 354 g/mol. The number of likely N-dealkylation sites (tertiary alicyclic amines) is 1. The maximum Gasteiger partial charge on any atom is 0.0678 e. The molecule has 2 aliphatic heterocycles. The lowest BCUT2D eigenvalue weighted by atomic mass is 9.89. The quantitative estimate of drug-likeness (QED) is 0.800. The van der Waals surface area contributed by atoms with Crippen LogP contribution < -0.4 is 0 Å². The lowest BCUT2D eigenvalue weighted by Crippen LogP contribution is -2.44. The van der Waals surface area contributed by atoms with E-state index in [4.69, 9.17) is 4.74 Å². The number of nitrogens with zero attached hydrogens (tertiary/aromatic N) is 2. The van der Waals surface area contributed by atoms with Crippen LogP contribution in [0.2, 0.25) is 0 Å². The minimum Gasteiger partial charge on any atom is -0.373 e. The van der Waals surface area contributed by atoms with Gasteiger partial charge in [-0.15, -0.1) is 0 Å². The van der Waals surface area contributed by atoms with Crippen molar-refractivity contribution >= 4 is 6.08 Å². The van der Waals surface area contributed by atoms with Crippen LogP contribution in [0.3, 0.4) is 0 Å². The molecule has 2 saturated heterocycles. The van der Waals surface area contributed by atoms with Crippen molar-refractivity contribution in [1.29, 1.82) is 0 Å². The van der Waals surface area contributed by atoms with E-state index in [0.29, 0.717) is 12.2 Å². The van der Waals surface area contributed by atoms with Crippen LogP contribution in [0.1, 0.15) is 57.1 Å². The minimum atomic E-state index is 0.341. The number of piperidine rings is 1. The van der Waals surface area contributed by atoms with Crippen molar-refractivity contribution in [2.45, 2.75) is 70.7 Å². The lowest BCUT2D eigenvalue weighted by Gasteiger charge is -2.40. The standard InChI is InChI=1S/C23H34N2O/c1-18-15-24(16-19(2)26-18)17-22-8-6-20(7-9-22)14-21-10-12-25(13-11-21)23-4-3-5-23/h6-9,14,18-19,23H,3-5,10-13,15-17H2,1-2H3. The largest absolute Gasteiger partial charge is 0.373 e. The number of rotatable bonds is 4. The van der Waals surface area contributed by atoms with Crippen molar-refractivity contribution in [2.24, 2.45) is 0 Å². The predicted octanol–water partition coefficient (Wildman–Crippen LogP) is 4.33. The fourth-order valence-electron chi connectivity index (χ4n) is 4.70. The van der Waals surface area contributed by atoms with Crippen molar-refractivity contribution in [3.05, 3.63) is 41.0 Å². The summed E-state index contributed by atoms with van der Waals surface area (Å²) in [7, 11) is 0. The van der Waals surface area contributed by atoms with Gasteiger partial charge in [0.05, 0.1) is 12.2 Å². The first-order valence-electron chi connectivity index (χ1n) is 10.6. The molecule has 0 N–H and O–H groups in total. The van der Waals surface area contributed by atoms with Gasteiger partial charge in [-0.1, -0.05) is 42.3 Å². The lowest BCUT2D eigenvalue weighted by molar-refractivity contribution is -0.0704. The van der Waals surface area contributed by atoms with E-state index in [1.165, 1.54) is 56.3 Å². The molecule has 3 aliphatic rings. The normalized spacial score (nSPS) is 28.8. The Morgan fingerprint density at radius 3 is 2.23 bits per heavy atom. The van der Waals surface area contributed by atoms with Crippen LogP contribution in [0.25, 0.3) is 6.08 Å². The molecule has 142 valence electrons. The first kappa shape index (κ1) is 18.2. The molecule has 0 radical (unpaired) electrons. The summed E-state index contributed by atoms with van der Waals surface area (Å²) in [5, 5.41) is 0. The Hall–Kier alpha value is -1.16. The van der Waals surface area contributed by atoms with Gasteiger partial charge >= 0.3 is 0 Å². The molecule has 0 aromatic heterocycles. The molecule has 1 aromatic carbocycles. The second-order valence-corrected chi connectivity index (χ2v) is 8.62. The van der Waals surface area contributed by atoms with Crippen LogP contribution in [0.4, 0.5) is 0 Å². The molecule has 2 atom stereocenters. The fourth-order valence-corrected chi connectivity index (χ4v) is 4.70. The minimum absolute atomic E-state index is 0.341. The van der Waals surface area contributed by atoms with Crippen LogP contribution in [-0.4, -0.2) is 54.2 Å². The number of hydrogen-bond acceptors (Lipinski definition) is 3. The Balaban J connectivity index is 1.30. The van der Waals surface area contributed by atoms with Gasteiger partial charge in [0.25, 0.3) is 0 Å². The highest BCUT2D eigenvalue weighted by atomic mass is 16.5. The highest BCUT2D eigenvalue weighted by Crippen LogP contribution is 2.29. The molecule has 4 rings (SSSR count). The van der Waals surface area contributed by atoms with Gasteiger partial charge in [0.2, 0.25) is 0 Å². The summed E-state index contributed by atoms with van der Waals surface area (Å²) in [5.74, 6) is 0. The van der Waals surface area contributed by atoms with Crippen molar-refractivity contribution in [2.75, 3.05) is 26.2 Å². The molecular formula is C23H34N2O. The van der Waals surface area contributed by atoms with Gasteiger partial charge in [-0.2, -0.15) is 0 Å². The highest BCUT2D eigenvalue weighted by molar-refractivity contribution is 5.53. The molecule has 2 heterocycles. The summed E-state index contributed by atoms with van der Waals surface area (Å²) in [6, 6.07) is 10.1. The Bertz CT molecular complexity index is 600. The van der Waals surface area contributed by atoms with E-state index in [0.717, 1.165) is 25.7 Å². The van der Waals surface area contributed by atoms with Gasteiger partial charge in [-0.25, -0.2) is 0 Å². The summed E-state index contributed by atoms with van der Waals surface area (Å²) < 4.78 is 5.84. The average Bonchev–Trinajstić information content (AvgIpc) is 2.56. The van der Waals surface area contributed by atoms with E-state index in [-0.39, 0.29) is 0 Å². The number of hydrogen-bond donors (Lipinski definition) is 0. The molecule has 1 saturated carbocycles. The molecule has 0 amide bonds.